The van der Waals surface area contributed by atoms with E-state index in [1.807, 2.05) is 12.1 Å². The monoisotopic (exact) mass is 363 g/mol. The maximum Gasteiger partial charge on any atom is 0.229 e. The Kier molecular flexibility index (Phi) is 4.63. The van der Waals surface area contributed by atoms with Crippen LogP contribution in [0.1, 0.15) is 44.9 Å². The van der Waals surface area contributed by atoms with Crippen molar-refractivity contribution < 1.29 is 9.90 Å². The van der Waals surface area contributed by atoms with Gasteiger partial charge in [0.05, 0.1) is 11.5 Å². The zero-order valence-corrected chi connectivity index (χ0v) is 15.3. The Morgan fingerprint density at radius 1 is 1.12 bits per heavy atom. The normalized spacial score (nSPS) is 29.4. The van der Waals surface area contributed by atoms with Gasteiger partial charge in [-0.1, -0.05) is 11.6 Å². The summed E-state index contributed by atoms with van der Waals surface area (Å²) in [5, 5.41) is 10.2. The number of nitrogens with zero attached hydrogens (tertiary/aromatic N) is 3. The first kappa shape index (κ1) is 17.1. The number of hydrogen-bond acceptors (Lipinski definition) is 4. The van der Waals surface area contributed by atoms with Crippen LogP contribution in [0, 0.1) is 5.41 Å². The van der Waals surface area contributed by atoms with Crippen LogP contribution in [-0.4, -0.2) is 52.7 Å². The van der Waals surface area contributed by atoms with Crippen molar-refractivity contribution in [3.8, 4) is 0 Å². The zero-order valence-electron chi connectivity index (χ0n) is 14.5. The number of piperidine rings is 1. The molecule has 1 aliphatic carbocycles. The van der Waals surface area contributed by atoms with Gasteiger partial charge in [-0.25, -0.2) is 4.98 Å². The minimum Gasteiger partial charge on any atom is -0.393 e. The molecule has 4 rings (SSSR count). The fraction of sp³-hybridized carbons (Fsp3) is 0.684. The summed E-state index contributed by atoms with van der Waals surface area (Å²) in [4.78, 5) is 21.7. The summed E-state index contributed by atoms with van der Waals surface area (Å²) in [6.07, 6.45) is 7.94. The van der Waals surface area contributed by atoms with Crippen LogP contribution >= 0.6 is 11.6 Å². The van der Waals surface area contributed by atoms with Crippen LogP contribution in [0.25, 0.3) is 0 Å². The second kappa shape index (κ2) is 6.76. The van der Waals surface area contributed by atoms with E-state index in [1.165, 1.54) is 0 Å². The quantitative estimate of drug-likeness (QED) is 0.821. The molecule has 1 amide bonds. The molecule has 2 saturated heterocycles. The molecule has 0 bridgehead atoms. The number of anilines is 1. The minimum absolute atomic E-state index is 0.163. The molecule has 1 aromatic rings. The molecule has 6 heteroatoms. The van der Waals surface area contributed by atoms with Crippen molar-refractivity contribution in [1.82, 2.24) is 9.88 Å². The lowest BCUT2D eigenvalue weighted by atomic mass is 9.77. The molecule has 2 aliphatic heterocycles. The highest BCUT2D eigenvalue weighted by Gasteiger charge is 2.49. The number of hydrogen-bond donors (Lipinski definition) is 1. The molecular weight excluding hydrogens is 338 g/mol. The van der Waals surface area contributed by atoms with Gasteiger partial charge >= 0.3 is 0 Å². The van der Waals surface area contributed by atoms with Crippen LogP contribution in [-0.2, 0) is 4.79 Å². The maximum atomic E-state index is 13.2. The summed E-state index contributed by atoms with van der Waals surface area (Å²) < 4.78 is 0. The number of aliphatic hydroxyl groups excluding tert-OH is 1. The third-order valence-electron chi connectivity index (χ3n) is 6.45. The Balaban J connectivity index is 1.40. The number of rotatable bonds is 2. The second-order valence-electron chi connectivity index (χ2n) is 7.82. The number of carbonyl (C=O) groups is 1. The van der Waals surface area contributed by atoms with Gasteiger partial charge in [-0.2, -0.15) is 0 Å². The van der Waals surface area contributed by atoms with Crippen molar-refractivity contribution in [3.63, 3.8) is 0 Å². The number of aromatic nitrogens is 1. The highest BCUT2D eigenvalue weighted by Crippen LogP contribution is 2.44. The standard InChI is InChI=1S/C19H26ClN3O2/c20-17-13-15(5-9-21-17)22-10-6-19(7-11-22)8-12-23(18(19)25)14-1-3-16(24)4-2-14/h5,9,13-14,16,24H,1-4,6-8,10-12H2/t14-,16-. The van der Waals surface area contributed by atoms with Crippen LogP contribution in [0.3, 0.4) is 0 Å². The lowest BCUT2D eigenvalue weighted by Crippen LogP contribution is -2.47. The molecule has 0 radical (unpaired) electrons. The number of amides is 1. The Morgan fingerprint density at radius 2 is 1.80 bits per heavy atom. The smallest absolute Gasteiger partial charge is 0.229 e. The number of likely N-dealkylation sites (tertiary alicyclic amines) is 1. The summed E-state index contributed by atoms with van der Waals surface area (Å²) >= 11 is 6.01. The fourth-order valence-electron chi connectivity index (χ4n) is 4.81. The Hall–Kier alpha value is -1.33. The van der Waals surface area contributed by atoms with Gasteiger partial charge in [0.15, 0.2) is 0 Å². The van der Waals surface area contributed by atoms with E-state index in [1.54, 1.807) is 6.20 Å². The average molecular weight is 364 g/mol. The van der Waals surface area contributed by atoms with Crippen LogP contribution in [0.5, 0.6) is 0 Å². The van der Waals surface area contributed by atoms with Gasteiger partial charge in [0.1, 0.15) is 5.15 Å². The van der Waals surface area contributed by atoms with Gasteiger partial charge in [0.2, 0.25) is 5.91 Å². The first-order chi connectivity index (χ1) is 12.1. The molecule has 3 aliphatic rings. The van der Waals surface area contributed by atoms with Crippen molar-refractivity contribution >= 4 is 23.2 Å². The molecule has 25 heavy (non-hydrogen) atoms. The second-order valence-corrected chi connectivity index (χ2v) is 8.20. The summed E-state index contributed by atoms with van der Waals surface area (Å²) in [6, 6.07) is 4.22. The van der Waals surface area contributed by atoms with Gasteiger partial charge < -0.3 is 14.9 Å². The first-order valence-corrected chi connectivity index (χ1v) is 9.81. The van der Waals surface area contributed by atoms with E-state index in [0.717, 1.165) is 70.3 Å². The van der Waals surface area contributed by atoms with Gasteiger partial charge in [-0.05, 0) is 57.1 Å². The molecule has 1 aromatic heterocycles. The Labute approximate surface area is 154 Å². The highest BCUT2D eigenvalue weighted by molar-refractivity contribution is 6.29. The molecule has 0 aromatic carbocycles. The van der Waals surface area contributed by atoms with Gasteiger partial charge in [-0.3, -0.25) is 4.79 Å². The highest BCUT2D eigenvalue weighted by atomic mass is 35.5. The molecule has 0 unspecified atom stereocenters. The van der Waals surface area contributed by atoms with E-state index in [-0.39, 0.29) is 11.5 Å². The lowest BCUT2D eigenvalue weighted by molar-refractivity contribution is -0.139. The van der Waals surface area contributed by atoms with Crippen molar-refractivity contribution in [3.05, 3.63) is 23.5 Å². The summed E-state index contributed by atoms with van der Waals surface area (Å²) in [5.41, 5.74) is 0.932. The van der Waals surface area contributed by atoms with E-state index < -0.39 is 0 Å². The molecule has 1 saturated carbocycles. The summed E-state index contributed by atoms with van der Waals surface area (Å²) in [5.74, 6) is 0.362. The predicted octanol–water partition coefficient (Wildman–Crippen LogP) is 2.86. The van der Waals surface area contributed by atoms with Crippen molar-refractivity contribution in [1.29, 1.82) is 0 Å². The summed E-state index contributed by atoms with van der Waals surface area (Å²) in [6.45, 7) is 2.67. The maximum absolute atomic E-state index is 13.2. The molecule has 5 nitrogen and oxygen atoms in total. The number of carbonyl (C=O) groups excluding carboxylic acids is 1. The largest absolute Gasteiger partial charge is 0.393 e. The topological polar surface area (TPSA) is 56.7 Å². The van der Waals surface area contributed by atoms with E-state index in [0.29, 0.717) is 17.1 Å². The van der Waals surface area contributed by atoms with Crippen LogP contribution in [0.2, 0.25) is 5.15 Å². The fourth-order valence-corrected chi connectivity index (χ4v) is 4.98. The molecular formula is C19H26ClN3O2. The zero-order chi connectivity index (χ0) is 17.4. The van der Waals surface area contributed by atoms with Crippen molar-refractivity contribution in [2.24, 2.45) is 5.41 Å². The van der Waals surface area contributed by atoms with Gasteiger partial charge in [0, 0.05) is 37.6 Å². The van der Waals surface area contributed by atoms with Crippen molar-refractivity contribution in [2.75, 3.05) is 24.5 Å². The van der Waals surface area contributed by atoms with E-state index in [2.05, 4.69) is 14.8 Å². The van der Waals surface area contributed by atoms with E-state index in [4.69, 9.17) is 11.6 Å². The SMILES string of the molecule is O=C1N([C@H]2CC[C@H](O)CC2)CCC12CCN(c1ccnc(Cl)c1)CC2. The van der Waals surface area contributed by atoms with E-state index in [9.17, 15) is 9.90 Å². The molecule has 3 fully saturated rings. The number of aliphatic hydroxyl groups is 1. The average Bonchev–Trinajstić information content (AvgIpc) is 2.93. The van der Waals surface area contributed by atoms with Crippen LogP contribution in [0.15, 0.2) is 18.3 Å². The van der Waals surface area contributed by atoms with Crippen molar-refractivity contribution in [2.45, 2.75) is 57.1 Å². The van der Waals surface area contributed by atoms with Crippen LogP contribution in [0.4, 0.5) is 5.69 Å². The number of pyridine rings is 1. The molecule has 1 N–H and O–H groups in total. The lowest BCUT2D eigenvalue weighted by Gasteiger charge is -2.40. The third kappa shape index (κ3) is 3.24. The third-order valence-corrected chi connectivity index (χ3v) is 6.66. The van der Waals surface area contributed by atoms with Crippen LogP contribution < -0.4 is 4.90 Å². The Bertz CT molecular complexity index is 637. The molecule has 3 heterocycles. The predicted molar refractivity (Wildman–Crippen MR) is 97.7 cm³/mol. The molecule has 1 spiro atoms. The summed E-state index contributed by atoms with van der Waals surface area (Å²) in [7, 11) is 0. The first-order valence-electron chi connectivity index (χ1n) is 9.43. The Morgan fingerprint density at radius 3 is 2.48 bits per heavy atom. The number of halogens is 1. The minimum atomic E-state index is -0.168. The van der Waals surface area contributed by atoms with E-state index >= 15 is 0 Å². The molecule has 136 valence electrons. The van der Waals surface area contributed by atoms with Gasteiger partial charge in [-0.15, -0.1) is 0 Å². The molecule has 0 atom stereocenters. The van der Waals surface area contributed by atoms with Gasteiger partial charge in [0.25, 0.3) is 0 Å².